The average Bonchev–Trinajstić information content (AvgIpc) is 2.67. The van der Waals surface area contributed by atoms with E-state index in [1.807, 2.05) is 59.5 Å². The van der Waals surface area contributed by atoms with Crippen LogP contribution in [0.5, 0.6) is 5.75 Å². The highest BCUT2D eigenvalue weighted by molar-refractivity contribution is 5.83. The zero-order valence-electron chi connectivity index (χ0n) is 14.7. The van der Waals surface area contributed by atoms with Gasteiger partial charge in [0.25, 0.3) is 5.91 Å². The number of nitrogens with two attached hydrogens (primary N) is 1. The van der Waals surface area contributed by atoms with Crippen LogP contribution in [-0.2, 0) is 11.2 Å². The summed E-state index contributed by atoms with van der Waals surface area (Å²) in [5.74, 6) is 0.796. The molecule has 4 nitrogen and oxygen atoms in total. The van der Waals surface area contributed by atoms with Crippen molar-refractivity contribution in [3.63, 3.8) is 0 Å². The second-order valence-corrected chi connectivity index (χ2v) is 6.53. The van der Waals surface area contributed by atoms with Crippen molar-refractivity contribution in [3.8, 4) is 5.75 Å². The summed E-state index contributed by atoms with van der Waals surface area (Å²) in [7, 11) is 0. The molecule has 1 atom stereocenters. The Kier molecular flexibility index (Phi) is 5.71. The third-order valence-corrected chi connectivity index (χ3v) is 4.78. The third-order valence-electron chi connectivity index (χ3n) is 4.78. The van der Waals surface area contributed by atoms with Crippen LogP contribution < -0.4 is 10.5 Å². The average molecular weight is 338 g/mol. The van der Waals surface area contributed by atoms with Crippen LogP contribution in [0, 0.1) is 0 Å². The first kappa shape index (κ1) is 17.5. The highest BCUT2D eigenvalue weighted by Gasteiger charge is 2.30. The molecule has 0 aliphatic carbocycles. The third kappa shape index (κ3) is 4.20. The number of carbonyl (C=O) groups is 1. The maximum Gasteiger partial charge on any atom is 0.268 e. The number of amides is 1. The van der Waals surface area contributed by atoms with Crippen molar-refractivity contribution in [3.05, 3.63) is 65.7 Å². The number of benzene rings is 2. The number of ether oxygens (including phenoxy) is 1. The number of piperidine rings is 1. The molecular weight excluding hydrogens is 312 g/mol. The lowest BCUT2D eigenvalue weighted by molar-refractivity contribution is -0.140. The zero-order chi connectivity index (χ0) is 17.6. The van der Waals surface area contributed by atoms with E-state index in [-0.39, 0.29) is 11.9 Å². The van der Waals surface area contributed by atoms with Crippen LogP contribution in [0.3, 0.4) is 0 Å². The Morgan fingerprint density at radius 2 is 1.76 bits per heavy atom. The van der Waals surface area contributed by atoms with Crippen LogP contribution in [0.2, 0.25) is 0 Å². The van der Waals surface area contributed by atoms with Gasteiger partial charge >= 0.3 is 0 Å². The molecule has 4 heteroatoms. The Labute approximate surface area is 149 Å². The van der Waals surface area contributed by atoms with Gasteiger partial charge in [0.15, 0.2) is 0 Å². The summed E-state index contributed by atoms with van der Waals surface area (Å²) in [6, 6.07) is 17.9. The molecule has 0 saturated carbocycles. The van der Waals surface area contributed by atoms with Crippen molar-refractivity contribution in [2.45, 2.75) is 38.3 Å². The quantitative estimate of drug-likeness (QED) is 0.910. The van der Waals surface area contributed by atoms with Crippen molar-refractivity contribution in [1.29, 1.82) is 0 Å². The Hall–Kier alpha value is -2.33. The number of nitrogens with zero attached hydrogens (tertiary/aromatic N) is 1. The number of rotatable bonds is 5. The topological polar surface area (TPSA) is 55.6 Å². The summed E-state index contributed by atoms with van der Waals surface area (Å²) in [5.41, 5.74) is 7.97. The second-order valence-electron chi connectivity index (χ2n) is 6.53. The zero-order valence-corrected chi connectivity index (χ0v) is 14.7. The molecule has 0 bridgehead atoms. The second kappa shape index (κ2) is 8.17. The van der Waals surface area contributed by atoms with Crippen LogP contribution in [0.1, 0.15) is 37.0 Å². The van der Waals surface area contributed by atoms with Gasteiger partial charge in [-0.25, -0.2) is 0 Å². The van der Waals surface area contributed by atoms with Gasteiger partial charge in [-0.2, -0.15) is 0 Å². The van der Waals surface area contributed by atoms with Gasteiger partial charge in [-0.1, -0.05) is 55.5 Å². The number of likely N-dealkylation sites (tertiary alicyclic amines) is 1. The van der Waals surface area contributed by atoms with Gasteiger partial charge in [-0.05, 0) is 30.9 Å². The van der Waals surface area contributed by atoms with E-state index < -0.39 is 6.10 Å². The molecular formula is C21H26N2O2. The normalized spacial score (nSPS) is 16.5. The highest BCUT2D eigenvalue weighted by atomic mass is 16.5. The van der Waals surface area contributed by atoms with Crippen LogP contribution in [-0.4, -0.2) is 29.9 Å². The Balaban J connectivity index is 1.86. The molecule has 2 aromatic rings. The van der Waals surface area contributed by atoms with Gasteiger partial charge in [-0.15, -0.1) is 0 Å². The van der Waals surface area contributed by atoms with E-state index in [1.165, 1.54) is 0 Å². The van der Waals surface area contributed by atoms with E-state index in [1.54, 1.807) is 0 Å². The highest BCUT2D eigenvalue weighted by Crippen LogP contribution is 2.28. The van der Waals surface area contributed by atoms with Crippen molar-refractivity contribution in [1.82, 2.24) is 4.90 Å². The molecule has 3 rings (SSSR count). The lowest BCUT2D eigenvalue weighted by Gasteiger charge is -2.33. The Morgan fingerprint density at radius 1 is 1.12 bits per heavy atom. The number of hydrogen-bond acceptors (Lipinski definition) is 3. The number of carbonyl (C=O) groups excluding carboxylic acids is 1. The minimum Gasteiger partial charge on any atom is -0.476 e. The molecule has 2 N–H and O–H groups in total. The molecule has 1 aliphatic rings. The molecule has 1 aliphatic heterocycles. The fourth-order valence-electron chi connectivity index (χ4n) is 3.21. The first-order valence-electron chi connectivity index (χ1n) is 9.03. The standard InChI is InChI=1S/C21H26N2O2/c1-2-16-8-6-7-11-19(16)25-20(17-9-4-3-5-10-17)21(24)23-14-12-18(22)13-15-23/h3-11,18,20H,2,12-15,22H2,1H3. The van der Waals surface area contributed by atoms with Crippen LogP contribution in [0.25, 0.3) is 0 Å². The van der Waals surface area contributed by atoms with Crippen molar-refractivity contribution in [2.75, 3.05) is 13.1 Å². The predicted octanol–water partition coefficient (Wildman–Crippen LogP) is 3.32. The molecule has 0 aromatic heterocycles. The van der Waals surface area contributed by atoms with Gasteiger partial charge in [0.1, 0.15) is 5.75 Å². The van der Waals surface area contributed by atoms with E-state index in [0.717, 1.165) is 36.1 Å². The van der Waals surface area contributed by atoms with Gasteiger partial charge in [0.05, 0.1) is 0 Å². The summed E-state index contributed by atoms with van der Waals surface area (Å²) < 4.78 is 6.24. The van der Waals surface area contributed by atoms with Gasteiger partial charge in [0, 0.05) is 24.7 Å². The Bertz CT molecular complexity index is 694. The maximum absolute atomic E-state index is 13.2. The summed E-state index contributed by atoms with van der Waals surface area (Å²) in [6.45, 7) is 3.48. The van der Waals surface area contributed by atoms with E-state index in [4.69, 9.17) is 10.5 Å². The largest absolute Gasteiger partial charge is 0.476 e. The molecule has 0 spiro atoms. The molecule has 132 valence electrons. The lowest BCUT2D eigenvalue weighted by Crippen LogP contribution is -2.45. The van der Waals surface area contributed by atoms with E-state index >= 15 is 0 Å². The van der Waals surface area contributed by atoms with E-state index in [2.05, 4.69) is 6.92 Å². The molecule has 1 saturated heterocycles. The SMILES string of the molecule is CCc1ccccc1OC(C(=O)N1CCC(N)CC1)c1ccccc1. The summed E-state index contributed by atoms with van der Waals surface area (Å²) in [6.07, 6.45) is 1.94. The number of hydrogen-bond donors (Lipinski definition) is 1. The molecule has 1 heterocycles. The molecule has 0 radical (unpaired) electrons. The molecule has 1 amide bonds. The fourth-order valence-corrected chi connectivity index (χ4v) is 3.21. The molecule has 2 aromatic carbocycles. The monoisotopic (exact) mass is 338 g/mol. The van der Waals surface area contributed by atoms with Crippen LogP contribution in [0.15, 0.2) is 54.6 Å². The first-order valence-corrected chi connectivity index (χ1v) is 9.03. The minimum atomic E-state index is -0.622. The smallest absolute Gasteiger partial charge is 0.268 e. The number of para-hydroxylation sites is 1. The molecule has 1 fully saturated rings. The van der Waals surface area contributed by atoms with E-state index in [9.17, 15) is 4.79 Å². The molecule has 1 unspecified atom stereocenters. The van der Waals surface area contributed by atoms with Gasteiger partial charge in [0.2, 0.25) is 6.10 Å². The van der Waals surface area contributed by atoms with E-state index in [0.29, 0.717) is 13.1 Å². The summed E-state index contributed by atoms with van der Waals surface area (Å²) >= 11 is 0. The first-order chi connectivity index (χ1) is 12.2. The lowest BCUT2D eigenvalue weighted by atomic mass is 10.0. The van der Waals surface area contributed by atoms with Gasteiger partial charge < -0.3 is 15.4 Å². The fraction of sp³-hybridized carbons (Fsp3) is 0.381. The van der Waals surface area contributed by atoms with Crippen LogP contribution in [0.4, 0.5) is 0 Å². The van der Waals surface area contributed by atoms with Gasteiger partial charge in [-0.3, -0.25) is 4.79 Å². The summed E-state index contributed by atoms with van der Waals surface area (Å²) in [5, 5.41) is 0. The Morgan fingerprint density at radius 3 is 2.44 bits per heavy atom. The van der Waals surface area contributed by atoms with Crippen LogP contribution >= 0.6 is 0 Å². The number of aryl methyl sites for hydroxylation is 1. The van der Waals surface area contributed by atoms with Crippen molar-refractivity contribution in [2.24, 2.45) is 5.73 Å². The van der Waals surface area contributed by atoms with Crippen molar-refractivity contribution >= 4 is 5.91 Å². The predicted molar refractivity (Wildman–Crippen MR) is 99.4 cm³/mol. The van der Waals surface area contributed by atoms with Crippen molar-refractivity contribution < 1.29 is 9.53 Å². The minimum absolute atomic E-state index is 0.0176. The molecule has 25 heavy (non-hydrogen) atoms. The summed E-state index contributed by atoms with van der Waals surface area (Å²) in [4.78, 5) is 15.1. The maximum atomic E-state index is 13.2.